The van der Waals surface area contributed by atoms with E-state index in [9.17, 15) is 9.59 Å². The fourth-order valence-corrected chi connectivity index (χ4v) is 3.62. The van der Waals surface area contributed by atoms with Crippen LogP contribution in [0.25, 0.3) is 0 Å². The zero-order valence-corrected chi connectivity index (χ0v) is 20.2. The van der Waals surface area contributed by atoms with Gasteiger partial charge in [0.05, 0.1) is 0 Å². The second-order valence-electron chi connectivity index (χ2n) is 8.95. The maximum Gasteiger partial charge on any atom is 0.261 e. The van der Waals surface area contributed by atoms with Crippen molar-refractivity contribution in [2.45, 2.75) is 39.8 Å². The average molecular weight is 459 g/mol. The molecule has 0 unspecified atom stereocenters. The normalized spacial score (nSPS) is 11.6. The monoisotopic (exact) mass is 458 g/mol. The summed E-state index contributed by atoms with van der Waals surface area (Å²) < 4.78 is 5.80. The Labute approximate surface area is 202 Å². The summed E-state index contributed by atoms with van der Waals surface area (Å²) in [4.78, 5) is 28.5. The van der Waals surface area contributed by atoms with Gasteiger partial charge in [0.1, 0.15) is 11.8 Å². The molecule has 0 saturated heterocycles. The van der Waals surface area contributed by atoms with Gasteiger partial charge in [-0.1, -0.05) is 92.2 Å². The molecule has 0 spiro atoms. The van der Waals surface area contributed by atoms with E-state index in [-0.39, 0.29) is 18.4 Å². The number of nitrogens with one attached hydrogen (secondary N) is 1. The Hall–Kier alpha value is -3.60. The molecule has 0 aliphatic carbocycles. The van der Waals surface area contributed by atoms with E-state index < -0.39 is 6.04 Å². The predicted molar refractivity (Wildman–Crippen MR) is 135 cm³/mol. The van der Waals surface area contributed by atoms with Crippen LogP contribution in [0.3, 0.4) is 0 Å². The topological polar surface area (TPSA) is 58.6 Å². The standard InChI is InChI=1S/C29H34N2O3/c1-22(2)19-30-29(33)27(18-24-10-6-4-7-11-24)31(20-25-12-8-5-9-13-25)28(32)21-34-26-16-14-23(3)15-17-26/h4-17,22,27H,18-21H2,1-3H3,(H,30,33)/t27-/m0/s1. The number of nitrogens with zero attached hydrogens (tertiary/aromatic N) is 1. The third-order valence-corrected chi connectivity index (χ3v) is 5.53. The summed E-state index contributed by atoms with van der Waals surface area (Å²) in [6, 6.07) is 26.5. The minimum atomic E-state index is -0.657. The molecule has 1 atom stereocenters. The van der Waals surface area contributed by atoms with Crippen LogP contribution in [0, 0.1) is 12.8 Å². The lowest BCUT2D eigenvalue weighted by Crippen LogP contribution is -2.52. The van der Waals surface area contributed by atoms with E-state index in [2.05, 4.69) is 19.2 Å². The van der Waals surface area contributed by atoms with Gasteiger partial charge in [0.15, 0.2) is 6.61 Å². The van der Waals surface area contributed by atoms with Crippen LogP contribution in [-0.2, 0) is 22.6 Å². The van der Waals surface area contributed by atoms with Crippen LogP contribution in [0.15, 0.2) is 84.9 Å². The van der Waals surface area contributed by atoms with Crippen molar-refractivity contribution in [2.24, 2.45) is 5.92 Å². The van der Waals surface area contributed by atoms with E-state index in [0.29, 0.717) is 31.2 Å². The van der Waals surface area contributed by atoms with Crippen LogP contribution in [0.5, 0.6) is 5.75 Å². The molecule has 3 aromatic rings. The number of benzene rings is 3. The minimum absolute atomic E-state index is 0.140. The lowest BCUT2D eigenvalue weighted by atomic mass is 10.0. The van der Waals surface area contributed by atoms with Crippen LogP contribution >= 0.6 is 0 Å². The van der Waals surface area contributed by atoms with Crippen LogP contribution in [0.2, 0.25) is 0 Å². The van der Waals surface area contributed by atoms with Crippen LogP contribution < -0.4 is 10.1 Å². The second kappa shape index (κ2) is 12.6. The number of hydrogen-bond donors (Lipinski definition) is 1. The molecule has 3 aromatic carbocycles. The van der Waals surface area contributed by atoms with Crippen molar-refractivity contribution in [2.75, 3.05) is 13.2 Å². The summed E-state index contributed by atoms with van der Waals surface area (Å²) in [5.74, 6) is 0.550. The second-order valence-corrected chi connectivity index (χ2v) is 8.95. The summed E-state index contributed by atoms with van der Waals surface area (Å²) in [7, 11) is 0. The summed E-state index contributed by atoms with van der Waals surface area (Å²) in [6.07, 6.45) is 0.424. The number of carbonyl (C=O) groups is 2. The van der Waals surface area contributed by atoms with E-state index in [4.69, 9.17) is 4.74 Å². The largest absolute Gasteiger partial charge is 0.484 e. The van der Waals surface area contributed by atoms with Crippen molar-refractivity contribution in [3.8, 4) is 5.75 Å². The van der Waals surface area contributed by atoms with Crippen molar-refractivity contribution in [1.82, 2.24) is 10.2 Å². The molecule has 5 nitrogen and oxygen atoms in total. The van der Waals surface area contributed by atoms with E-state index in [0.717, 1.165) is 16.7 Å². The SMILES string of the molecule is Cc1ccc(OCC(=O)N(Cc2ccccc2)[C@@H](Cc2ccccc2)C(=O)NCC(C)C)cc1. The number of carbonyl (C=O) groups excluding carboxylic acids is 2. The zero-order valence-electron chi connectivity index (χ0n) is 20.2. The van der Waals surface area contributed by atoms with Gasteiger partial charge in [-0.15, -0.1) is 0 Å². The molecule has 2 amide bonds. The van der Waals surface area contributed by atoms with Gasteiger partial charge >= 0.3 is 0 Å². The summed E-state index contributed by atoms with van der Waals surface area (Å²) in [6.45, 7) is 6.84. The molecule has 178 valence electrons. The van der Waals surface area contributed by atoms with Crippen LogP contribution in [0.4, 0.5) is 0 Å². The molecule has 5 heteroatoms. The van der Waals surface area contributed by atoms with E-state index in [1.54, 1.807) is 4.90 Å². The smallest absolute Gasteiger partial charge is 0.261 e. The highest BCUT2D eigenvalue weighted by Gasteiger charge is 2.30. The molecule has 0 fully saturated rings. The maximum absolute atomic E-state index is 13.5. The highest BCUT2D eigenvalue weighted by atomic mass is 16.5. The van der Waals surface area contributed by atoms with Gasteiger partial charge in [-0.3, -0.25) is 9.59 Å². The van der Waals surface area contributed by atoms with Gasteiger partial charge in [-0.05, 0) is 36.1 Å². The third-order valence-electron chi connectivity index (χ3n) is 5.53. The zero-order chi connectivity index (χ0) is 24.3. The lowest BCUT2D eigenvalue weighted by Gasteiger charge is -2.31. The van der Waals surface area contributed by atoms with Crippen molar-refractivity contribution < 1.29 is 14.3 Å². The summed E-state index contributed by atoms with van der Waals surface area (Å²) >= 11 is 0. The van der Waals surface area contributed by atoms with Crippen LogP contribution in [0.1, 0.15) is 30.5 Å². The Morgan fingerprint density at radius 2 is 1.44 bits per heavy atom. The van der Waals surface area contributed by atoms with E-state index in [1.165, 1.54) is 0 Å². The predicted octanol–water partition coefficient (Wildman–Crippen LogP) is 4.79. The Bertz CT molecular complexity index is 1030. The maximum atomic E-state index is 13.5. The molecule has 0 radical (unpaired) electrons. The molecule has 34 heavy (non-hydrogen) atoms. The molecular formula is C29H34N2O3. The molecule has 0 aliphatic rings. The number of hydrogen-bond acceptors (Lipinski definition) is 3. The van der Waals surface area contributed by atoms with Crippen molar-refractivity contribution in [3.05, 3.63) is 102 Å². The first-order chi connectivity index (χ1) is 16.4. The Morgan fingerprint density at radius 1 is 0.853 bits per heavy atom. The van der Waals surface area contributed by atoms with Gasteiger partial charge in [0.25, 0.3) is 5.91 Å². The Morgan fingerprint density at radius 3 is 2.03 bits per heavy atom. The van der Waals surface area contributed by atoms with Crippen LogP contribution in [-0.4, -0.2) is 35.9 Å². The lowest BCUT2D eigenvalue weighted by molar-refractivity contribution is -0.142. The van der Waals surface area contributed by atoms with E-state index in [1.807, 2.05) is 91.9 Å². The fraction of sp³-hybridized carbons (Fsp3) is 0.310. The highest BCUT2D eigenvalue weighted by molar-refractivity contribution is 5.88. The molecule has 0 bridgehead atoms. The molecule has 1 N–H and O–H groups in total. The number of amides is 2. The minimum Gasteiger partial charge on any atom is -0.484 e. The van der Waals surface area contributed by atoms with Gasteiger partial charge in [-0.25, -0.2) is 0 Å². The average Bonchev–Trinajstić information content (AvgIpc) is 2.85. The van der Waals surface area contributed by atoms with Crippen molar-refractivity contribution in [1.29, 1.82) is 0 Å². The molecule has 3 rings (SSSR count). The molecule has 0 saturated carbocycles. The van der Waals surface area contributed by atoms with Gasteiger partial charge in [0, 0.05) is 19.5 Å². The summed E-state index contributed by atoms with van der Waals surface area (Å²) in [5.41, 5.74) is 3.08. The first-order valence-corrected chi connectivity index (χ1v) is 11.8. The van der Waals surface area contributed by atoms with Gasteiger partial charge in [-0.2, -0.15) is 0 Å². The van der Waals surface area contributed by atoms with Gasteiger partial charge in [0.2, 0.25) is 5.91 Å². The first kappa shape index (κ1) is 25.0. The first-order valence-electron chi connectivity index (χ1n) is 11.8. The molecule has 0 heterocycles. The Kier molecular flexibility index (Phi) is 9.27. The van der Waals surface area contributed by atoms with Crippen molar-refractivity contribution in [3.63, 3.8) is 0 Å². The molecule has 0 aliphatic heterocycles. The number of aryl methyl sites for hydroxylation is 1. The van der Waals surface area contributed by atoms with Gasteiger partial charge < -0.3 is 15.0 Å². The van der Waals surface area contributed by atoms with E-state index >= 15 is 0 Å². The fourth-order valence-electron chi connectivity index (χ4n) is 3.62. The number of rotatable bonds is 11. The molecular weight excluding hydrogens is 424 g/mol. The number of ether oxygens (including phenoxy) is 1. The highest BCUT2D eigenvalue weighted by Crippen LogP contribution is 2.17. The third kappa shape index (κ3) is 7.77. The Balaban J connectivity index is 1.86. The summed E-state index contributed by atoms with van der Waals surface area (Å²) in [5, 5.41) is 3.03. The van der Waals surface area contributed by atoms with Crippen molar-refractivity contribution >= 4 is 11.8 Å². The molecule has 0 aromatic heterocycles. The quantitative estimate of drug-likeness (QED) is 0.450.